The Morgan fingerprint density at radius 2 is 2.12 bits per heavy atom. The molecular weight excluding hydrogens is 219 g/mol. The quantitative estimate of drug-likeness (QED) is 0.848. The van der Waals surface area contributed by atoms with Crippen LogP contribution in [0.1, 0.15) is 18.1 Å². The zero-order valence-corrected chi connectivity index (χ0v) is 9.53. The molecule has 0 aromatic heterocycles. The van der Waals surface area contributed by atoms with Gasteiger partial charge in [0.25, 0.3) is 0 Å². The summed E-state index contributed by atoms with van der Waals surface area (Å²) in [6, 6.07) is 6.47. The molecule has 1 N–H and O–H groups in total. The second-order valence-electron chi connectivity index (χ2n) is 4.53. The smallest absolute Gasteiger partial charge is 0.188 e. The van der Waals surface area contributed by atoms with E-state index in [2.05, 4.69) is 10.3 Å². The van der Waals surface area contributed by atoms with Gasteiger partial charge in [0.1, 0.15) is 11.9 Å². The summed E-state index contributed by atoms with van der Waals surface area (Å²) in [5.41, 5.74) is 0.996. The first-order valence-electron chi connectivity index (χ1n) is 6.00. The maximum Gasteiger partial charge on any atom is 0.188 e. The number of rotatable bonds is 2. The molecular formula is C13H15FN2O. The van der Waals surface area contributed by atoms with E-state index in [9.17, 15) is 4.39 Å². The molecule has 2 aliphatic heterocycles. The van der Waals surface area contributed by atoms with Crippen LogP contribution in [0.3, 0.4) is 0 Å². The Morgan fingerprint density at radius 3 is 2.82 bits per heavy atom. The molecule has 1 saturated heterocycles. The van der Waals surface area contributed by atoms with Crippen LogP contribution in [0.2, 0.25) is 0 Å². The number of ether oxygens (including phenoxy) is 1. The average molecular weight is 234 g/mol. The van der Waals surface area contributed by atoms with Crippen LogP contribution in [-0.2, 0) is 4.74 Å². The molecule has 17 heavy (non-hydrogen) atoms. The number of nitrogens with one attached hydrogen (secondary N) is 1. The Balaban J connectivity index is 1.67. The van der Waals surface area contributed by atoms with Crippen LogP contribution in [-0.4, -0.2) is 25.5 Å². The summed E-state index contributed by atoms with van der Waals surface area (Å²) in [6.07, 6.45) is 1.06. The van der Waals surface area contributed by atoms with E-state index in [0.717, 1.165) is 31.0 Å². The Morgan fingerprint density at radius 1 is 1.29 bits per heavy atom. The standard InChI is InChI=1S/C13H15FN2O/c14-11-3-1-9(2-4-11)12-8-16-13(17-12)10-5-6-15-7-10/h1-4,10,12,15H,5-8H2. The number of aliphatic imine (C=N–C) groups is 1. The van der Waals surface area contributed by atoms with Crippen molar-refractivity contribution < 1.29 is 9.13 Å². The number of halogens is 1. The molecule has 0 aliphatic carbocycles. The molecule has 90 valence electrons. The van der Waals surface area contributed by atoms with Gasteiger partial charge in [0, 0.05) is 12.5 Å². The predicted molar refractivity (Wildman–Crippen MR) is 63.5 cm³/mol. The van der Waals surface area contributed by atoms with E-state index in [-0.39, 0.29) is 11.9 Å². The second kappa shape index (κ2) is 4.45. The monoisotopic (exact) mass is 234 g/mol. The number of benzene rings is 1. The first kappa shape index (κ1) is 10.7. The topological polar surface area (TPSA) is 33.6 Å². The lowest BCUT2D eigenvalue weighted by atomic mass is 10.1. The molecule has 2 unspecified atom stereocenters. The SMILES string of the molecule is Fc1ccc(C2CN=C(C3CCNC3)O2)cc1. The lowest BCUT2D eigenvalue weighted by Crippen LogP contribution is -2.18. The molecule has 0 saturated carbocycles. The first-order chi connectivity index (χ1) is 8.33. The zero-order valence-electron chi connectivity index (χ0n) is 9.53. The van der Waals surface area contributed by atoms with Gasteiger partial charge < -0.3 is 10.1 Å². The van der Waals surface area contributed by atoms with Crippen molar-refractivity contribution in [3.63, 3.8) is 0 Å². The van der Waals surface area contributed by atoms with Crippen molar-refractivity contribution in [1.82, 2.24) is 5.32 Å². The summed E-state index contributed by atoms with van der Waals surface area (Å²) in [7, 11) is 0. The van der Waals surface area contributed by atoms with Crippen LogP contribution < -0.4 is 5.32 Å². The van der Waals surface area contributed by atoms with Crippen molar-refractivity contribution >= 4 is 5.90 Å². The third kappa shape index (κ3) is 2.17. The van der Waals surface area contributed by atoms with Gasteiger partial charge in [0.2, 0.25) is 0 Å². The van der Waals surface area contributed by atoms with E-state index in [0.29, 0.717) is 12.5 Å². The highest BCUT2D eigenvalue weighted by Crippen LogP contribution is 2.27. The van der Waals surface area contributed by atoms with Gasteiger partial charge in [-0.2, -0.15) is 0 Å². The Kier molecular flexibility index (Phi) is 2.81. The molecule has 4 heteroatoms. The molecule has 0 spiro atoms. The van der Waals surface area contributed by atoms with Gasteiger partial charge in [-0.25, -0.2) is 4.39 Å². The fourth-order valence-corrected chi connectivity index (χ4v) is 2.33. The Labute approximate surface area is 99.7 Å². The summed E-state index contributed by atoms with van der Waals surface area (Å²) >= 11 is 0. The lowest BCUT2D eigenvalue weighted by Gasteiger charge is -2.14. The van der Waals surface area contributed by atoms with Crippen LogP contribution in [0, 0.1) is 11.7 Å². The highest BCUT2D eigenvalue weighted by atomic mass is 19.1. The van der Waals surface area contributed by atoms with Gasteiger partial charge in [-0.15, -0.1) is 0 Å². The maximum absolute atomic E-state index is 12.8. The molecule has 0 amide bonds. The summed E-state index contributed by atoms with van der Waals surface area (Å²) < 4.78 is 18.7. The van der Waals surface area contributed by atoms with Crippen LogP contribution in [0.5, 0.6) is 0 Å². The van der Waals surface area contributed by atoms with E-state index in [1.807, 2.05) is 0 Å². The number of hydrogen-bond acceptors (Lipinski definition) is 3. The molecule has 0 bridgehead atoms. The van der Waals surface area contributed by atoms with Gasteiger partial charge in [0.05, 0.1) is 6.54 Å². The van der Waals surface area contributed by atoms with Crippen molar-refractivity contribution in [3.8, 4) is 0 Å². The molecule has 2 heterocycles. The van der Waals surface area contributed by atoms with E-state index in [1.54, 1.807) is 12.1 Å². The minimum absolute atomic E-state index is 0.0359. The normalized spacial score (nSPS) is 27.9. The number of nitrogens with zero attached hydrogens (tertiary/aromatic N) is 1. The van der Waals surface area contributed by atoms with E-state index in [4.69, 9.17) is 4.74 Å². The molecule has 2 atom stereocenters. The molecule has 3 rings (SSSR count). The van der Waals surface area contributed by atoms with Crippen molar-refractivity contribution in [2.75, 3.05) is 19.6 Å². The highest BCUT2D eigenvalue weighted by molar-refractivity contribution is 5.81. The largest absolute Gasteiger partial charge is 0.471 e. The van der Waals surface area contributed by atoms with Gasteiger partial charge in [-0.3, -0.25) is 4.99 Å². The van der Waals surface area contributed by atoms with E-state index < -0.39 is 0 Å². The molecule has 2 aliphatic rings. The van der Waals surface area contributed by atoms with Crippen LogP contribution in [0.4, 0.5) is 4.39 Å². The van der Waals surface area contributed by atoms with E-state index >= 15 is 0 Å². The van der Waals surface area contributed by atoms with Crippen molar-refractivity contribution in [3.05, 3.63) is 35.6 Å². The van der Waals surface area contributed by atoms with E-state index in [1.165, 1.54) is 12.1 Å². The lowest BCUT2D eigenvalue weighted by molar-refractivity contribution is 0.216. The molecule has 1 aromatic rings. The van der Waals surface area contributed by atoms with Gasteiger partial charge in [0.15, 0.2) is 5.90 Å². The fourth-order valence-electron chi connectivity index (χ4n) is 2.33. The molecule has 1 fully saturated rings. The summed E-state index contributed by atoms with van der Waals surface area (Å²) in [5, 5.41) is 3.30. The third-order valence-electron chi connectivity index (χ3n) is 3.33. The third-order valence-corrected chi connectivity index (χ3v) is 3.33. The van der Waals surface area contributed by atoms with Gasteiger partial charge >= 0.3 is 0 Å². The molecule has 1 aromatic carbocycles. The van der Waals surface area contributed by atoms with Crippen molar-refractivity contribution in [1.29, 1.82) is 0 Å². The first-order valence-corrected chi connectivity index (χ1v) is 6.00. The molecule has 0 radical (unpaired) electrons. The summed E-state index contributed by atoms with van der Waals surface area (Å²) in [4.78, 5) is 4.46. The predicted octanol–water partition coefficient (Wildman–Crippen LogP) is 1.90. The van der Waals surface area contributed by atoms with Gasteiger partial charge in [-0.1, -0.05) is 12.1 Å². The van der Waals surface area contributed by atoms with Crippen molar-refractivity contribution in [2.24, 2.45) is 10.9 Å². The van der Waals surface area contributed by atoms with Crippen LogP contribution >= 0.6 is 0 Å². The molecule has 3 nitrogen and oxygen atoms in total. The summed E-state index contributed by atoms with van der Waals surface area (Å²) in [5.74, 6) is 1.07. The minimum Gasteiger partial charge on any atom is -0.471 e. The Hall–Kier alpha value is -1.42. The second-order valence-corrected chi connectivity index (χ2v) is 4.53. The maximum atomic E-state index is 12.8. The number of hydrogen-bond donors (Lipinski definition) is 1. The fraction of sp³-hybridized carbons (Fsp3) is 0.462. The highest BCUT2D eigenvalue weighted by Gasteiger charge is 2.29. The Bertz CT molecular complexity index is 424. The average Bonchev–Trinajstić information content (AvgIpc) is 3.00. The summed E-state index contributed by atoms with van der Waals surface area (Å²) in [6.45, 7) is 2.64. The minimum atomic E-state index is -0.215. The van der Waals surface area contributed by atoms with Crippen LogP contribution in [0.25, 0.3) is 0 Å². The van der Waals surface area contributed by atoms with Gasteiger partial charge in [-0.05, 0) is 30.7 Å². The van der Waals surface area contributed by atoms with Crippen LogP contribution in [0.15, 0.2) is 29.3 Å². The van der Waals surface area contributed by atoms with Crippen molar-refractivity contribution in [2.45, 2.75) is 12.5 Å². The zero-order chi connectivity index (χ0) is 11.7.